The third-order valence-electron chi connectivity index (χ3n) is 5.74. The predicted molar refractivity (Wildman–Crippen MR) is 123 cm³/mol. The summed E-state index contributed by atoms with van der Waals surface area (Å²) in [6, 6.07) is 12.0. The van der Waals surface area contributed by atoms with E-state index in [-0.39, 0.29) is 24.2 Å². The largest absolute Gasteiger partial charge is 0.386 e. The van der Waals surface area contributed by atoms with Crippen LogP contribution in [0.1, 0.15) is 25.7 Å². The zero-order valence-electron chi connectivity index (χ0n) is 17.7. The van der Waals surface area contributed by atoms with Gasteiger partial charge in [-0.05, 0) is 62.1 Å². The molecular formula is C23H28F2N6O. The number of carbonyl (C=O) groups is 1. The number of primary amides is 1. The van der Waals surface area contributed by atoms with Gasteiger partial charge in [0.05, 0.1) is 16.9 Å². The molecule has 32 heavy (non-hydrogen) atoms. The highest BCUT2D eigenvalue weighted by molar-refractivity contribution is 6.14. The van der Waals surface area contributed by atoms with Crippen LogP contribution in [-0.2, 0) is 4.79 Å². The molecule has 2 aromatic rings. The van der Waals surface area contributed by atoms with Gasteiger partial charge in [-0.3, -0.25) is 9.79 Å². The molecule has 1 fully saturated rings. The van der Waals surface area contributed by atoms with E-state index in [1.165, 1.54) is 36.5 Å². The molecule has 9 heteroatoms. The number of nitrogens with zero attached hydrogens (tertiary/aromatic N) is 2. The van der Waals surface area contributed by atoms with E-state index in [1.807, 2.05) is 0 Å². The van der Waals surface area contributed by atoms with Crippen molar-refractivity contribution in [1.82, 2.24) is 0 Å². The Kier molecular flexibility index (Phi) is 7.53. The Morgan fingerprint density at radius 2 is 1.78 bits per heavy atom. The monoisotopic (exact) mass is 442 g/mol. The molecule has 1 atom stereocenters. The molecule has 0 spiro atoms. The standard InChI is InChI=1S/C23H28F2N6O/c24-15-5-7-16(8-6-15)31-21(27)18(22(28)32)13-29-23(14-26)11-9-17(10-12-23)30-20-4-2-1-3-19(20)25/h1-8,13,17-18,30H,9-12,14,26H2,(H2,27,31)(H2,28,32). The lowest BCUT2D eigenvalue weighted by molar-refractivity contribution is -0.118. The quantitative estimate of drug-likeness (QED) is 0.370. The maximum atomic E-state index is 13.9. The van der Waals surface area contributed by atoms with E-state index < -0.39 is 23.2 Å². The molecule has 0 aliphatic heterocycles. The summed E-state index contributed by atoms with van der Waals surface area (Å²) in [5.41, 5.74) is 17.9. The molecule has 1 amide bonds. The van der Waals surface area contributed by atoms with Gasteiger partial charge in [-0.2, -0.15) is 0 Å². The average Bonchev–Trinajstić information content (AvgIpc) is 2.78. The molecule has 7 N–H and O–H groups in total. The lowest BCUT2D eigenvalue weighted by Gasteiger charge is -2.37. The van der Waals surface area contributed by atoms with Crippen LogP contribution in [0.5, 0.6) is 0 Å². The Morgan fingerprint density at radius 3 is 2.38 bits per heavy atom. The summed E-state index contributed by atoms with van der Waals surface area (Å²) in [5.74, 6) is -2.44. The number of halogens is 2. The summed E-state index contributed by atoms with van der Waals surface area (Å²) in [6.07, 6.45) is 4.20. The molecule has 0 bridgehead atoms. The number of aliphatic imine (C=N–C) groups is 2. The van der Waals surface area contributed by atoms with Gasteiger partial charge in [-0.25, -0.2) is 13.8 Å². The van der Waals surface area contributed by atoms with E-state index >= 15 is 0 Å². The highest BCUT2D eigenvalue weighted by atomic mass is 19.1. The van der Waals surface area contributed by atoms with E-state index in [4.69, 9.17) is 17.2 Å². The number of amides is 1. The first kappa shape index (κ1) is 23.3. The number of carbonyl (C=O) groups excluding carboxylic acids is 1. The third kappa shape index (κ3) is 5.88. The first-order valence-electron chi connectivity index (χ1n) is 10.5. The van der Waals surface area contributed by atoms with Crippen molar-refractivity contribution >= 4 is 29.3 Å². The van der Waals surface area contributed by atoms with E-state index in [9.17, 15) is 13.6 Å². The summed E-state index contributed by atoms with van der Waals surface area (Å²) in [6.45, 7) is 0.288. The van der Waals surface area contributed by atoms with Crippen molar-refractivity contribution in [3.63, 3.8) is 0 Å². The highest BCUT2D eigenvalue weighted by Gasteiger charge is 2.34. The molecule has 1 aliphatic rings. The summed E-state index contributed by atoms with van der Waals surface area (Å²) in [4.78, 5) is 20.7. The van der Waals surface area contributed by atoms with Crippen molar-refractivity contribution in [3.05, 3.63) is 60.2 Å². The van der Waals surface area contributed by atoms with E-state index in [0.29, 0.717) is 24.2 Å². The second kappa shape index (κ2) is 10.3. The van der Waals surface area contributed by atoms with Crippen molar-refractivity contribution < 1.29 is 13.6 Å². The average molecular weight is 443 g/mol. The van der Waals surface area contributed by atoms with Crippen LogP contribution in [0.3, 0.4) is 0 Å². The molecule has 0 heterocycles. The number of hydrogen-bond acceptors (Lipinski definition) is 5. The first-order chi connectivity index (χ1) is 15.3. The Bertz CT molecular complexity index is 984. The molecule has 0 saturated heterocycles. The van der Waals surface area contributed by atoms with Gasteiger partial charge < -0.3 is 22.5 Å². The Labute approximate surface area is 185 Å². The van der Waals surface area contributed by atoms with E-state index in [2.05, 4.69) is 15.3 Å². The summed E-state index contributed by atoms with van der Waals surface area (Å²) < 4.78 is 27.0. The number of para-hydroxylation sites is 1. The SMILES string of the molecule is NCC1(N=CC(C(N)=O)C(N)=Nc2ccc(F)cc2)CCC(Nc2ccccc2F)CC1. The number of amidine groups is 1. The smallest absolute Gasteiger partial charge is 0.233 e. The van der Waals surface area contributed by atoms with Gasteiger partial charge in [0.15, 0.2) is 0 Å². The van der Waals surface area contributed by atoms with Gasteiger partial charge in [0.25, 0.3) is 0 Å². The minimum atomic E-state index is -1.02. The predicted octanol–water partition coefficient (Wildman–Crippen LogP) is 2.88. The van der Waals surface area contributed by atoms with Crippen LogP contribution in [0, 0.1) is 17.6 Å². The second-order valence-electron chi connectivity index (χ2n) is 8.00. The van der Waals surface area contributed by atoms with Crippen LogP contribution < -0.4 is 22.5 Å². The number of rotatable bonds is 8. The van der Waals surface area contributed by atoms with Crippen LogP contribution in [0.2, 0.25) is 0 Å². The van der Waals surface area contributed by atoms with Crippen LogP contribution in [0.4, 0.5) is 20.2 Å². The third-order valence-corrected chi connectivity index (χ3v) is 5.74. The Hall–Kier alpha value is -3.33. The van der Waals surface area contributed by atoms with Crippen LogP contribution in [0.25, 0.3) is 0 Å². The number of nitrogens with one attached hydrogen (secondary N) is 1. The number of nitrogens with two attached hydrogens (primary N) is 3. The van der Waals surface area contributed by atoms with Gasteiger partial charge >= 0.3 is 0 Å². The van der Waals surface area contributed by atoms with E-state index in [1.54, 1.807) is 18.2 Å². The minimum Gasteiger partial charge on any atom is -0.386 e. The zero-order chi connectivity index (χ0) is 23.1. The Morgan fingerprint density at radius 1 is 1.12 bits per heavy atom. The normalized spacial score (nSPS) is 22.6. The van der Waals surface area contributed by atoms with Gasteiger partial charge in [-0.1, -0.05) is 12.1 Å². The molecule has 0 radical (unpaired) electrons. The minimum absolute atomic E-state index is 0.0325. The van der Waals surface area contributed by atoms with Crippen LogP contribution >= 0.6 is 0 Å². The van der Waals surface area contributed by atoms with Crippen molar-refractivity contribution in [3.8, 4) is 0 Å². The fourth-order valence-corrected chi connectivity index (χ4v) is 3.75. The maximum absolute atomic E-state index is 13.9. The van der Waals surface area contributed by atoms with Gasteiger partial charge in [0, 0.05) is 18.8 Å². The van der Waals surface area contributed by atoms with Crippen molar-refractivity contribution in [2.75, 3.05) is 11.9 Å². The van der Waals surface area contributed by atoms with Gasteiger partial charge in [0.1, 0.15) is 23.4 Å². The van der Waals surface area contributed by atoms with E-state index in [0.717, 1.165) is 12.8 Å². The highest BCUT2D eigenvalue weighted by Crippen LogP contribution is 2.33. The van der Waals surface area contributed by atoms with Crippen LogP contribution in [0.15, 0.2) is 58.5 Å². The topological polar surface area (TPSA) is 132 Å². The fourth-order valence-electron chi connectivity index (χ4n) is 3.75. The lowest BCUT2D eigenvalue weighted by atomic mass is 9.79. The van der Waals surface area contributed by atoms with Crippen molar-refractivity contribution in [2.24, 2.45) is 33.1 Å². The number of hydrogen-bond donors (Lipinski definition) is 4. The van der Waals surface area contributed by atoms with Gasteiger partial charge in [0.2, 0.25) is 5.91 Å². The molecule has 1 saturated carbocycles. The Balaban J connectivity index is 1.68. The number of benzene rings is 2. The summed E-state index contributed by atoms with van der Waals surface area (Å²) in [5, 5.41) is 3.24. The summed E-state index contributed by atoms with van der Waals surface area (Å²) >= 11 is 0. The van der Waals surface area contributed by atoms with Crippen molar-refractivity contribution in [1.29, 1.82) is 0 Å². The molecule has 0 aromatic heterocycles. The number of anilines is 1. The molecule has 7 nitrogen and oxygen atoms in total. The molecule has 170 valence electrons. The van der Waals surface area contributed by atoms with Gasteiger partial charge in [-0.15, -0.1) is 0 Å². The van der Waals surface area contributed by atoms with Crippen LogP contribution in [-0.4, -0.2) is 36.1 Å². The molecule has 1 aliphatic carbocycles. The molecule has 1 unspecified atom stereocenters. The molecule has 2 aromatic carbocycles. The van der Waals surface area contributed by atoms with Crippen molar-refractivity contribution in [2.45, 2.75) is 37.3 Å². The fraction of sp³-hybridized carbons (Fsp3) is 0.348. The molecule has 3 rings (SSSR count). The second-order valence-corrected chi connectivity index (χ2v) is 8.00. The lowest BCUT2D eigenvalue weighted by Crippen LogP contribution is -2.44. The zero-order valence-corrected chi connectivity index (χ0v) is 17.7. The first-order valence-corrected chi connectivity index (χ1v) is 10.5. The summed E-state index contributed by atoms with van der Waals surface area (Å²) in [7, 11) is 0. The maximum Gasteiger partial charge on any atom is 0.233 e. The molecular weight excluding hydrogens is 414 g/mol.